The first-order valence-corrected chi connectivity index (χ1v) is 12.2. The molecule has 0 saturated carbocycles. The number of nitrogens with one attached hydrogen (secondary N) is 1. The molecule has 1 amide bonds. The van der Waals surface area contributed by atoms with Gasteiger partial charge < -0.3 is 4.57 Å². The van der Waals surface area contributed by atoms with Crippen molar-refractivity contribution in [3.63, 3.8) is 0 Å². The van der Waals surface area contributed by atoms with E-state index >= 15 is 0 Å². The van der Waals surface area contributed by atoms with E-state index in [1.54, 1.807) is 18.2 Å². The molecule has 0 unspecified atom stereocenters. The van der Waals surface area contributed by atoms with Gasteiger partial charge in [0.25, 0.3) is 5.91 Å². The molecule has 36 heavy (non-hydrogen) atoms. The summed E-state index contributed by atoms with van der Waals surface area (Å²) in [5.74, 6) is -0.716. The van der Waals surface area contributed by atoms with E-state index < -0.39 is 5.91 Å². The Bertz CT molecular complexity index is 1600. The quantitative estimate of drug-likeness (QED) is 0.363. The number of thioether (sulfide) groups is 1. The van der Waals surface area contributed by atoms with Crippen molar-refractivity contribution >= 4 is 50.7 Å². The number of para-hydroxylation sites is 1. The summed E-state index contributed by atoms with van der Waals surface area (Å²) < 4.78 is 15.4. The van der Waals surface area contributed by atoms with Gasteiger partial charge in [-0.3, -0.25) is 10.2 Å². The highest BCUT2D eigenvalue weighted by molar-refractivity contribution is 8.26. The summed E-state index contributed by atoms with van der Waals surface area (Å²) >= 11 is 1.32. The molecular weight excluding hydrogens is 473 g/mol. The van der Waals surface area contributed by atoms with Gasteiger partial charge in [-0.15, -0.1) is 0 Å². The minimum Gasteiger partial charge on any atom is -0.342 e. The number of amidine groups is 2. The minimum atomic E-state index is -0.453. The maximum Gasteiger partial charge on any atom is 0.283 e. The Morgan fingerprint density at radius 1 is 0.944 bits per heavy atom. The molecule has 4 aromatic rings. The molecule has 6 nitrogen and oxygen atoms in total. The summed E-state index contributed by atoms with van der Waals surface area (Å²) in [6.45, 7) is 0.549. The van der Waals surface area contributed by atoms with E-state index in [1.165, 1.54) is 28.9 Å². The number of hydrogen-bond acceptors (Lipinski definition) is 4. The highest BCUT2D eigenvalue weighted by atomic mass is 32.2. The third-order valence-corrected chi connectivity index (χ3v) is 6.99. The molecule has 0 atom stereocenters. The second kappa shape index (κ2) is 9.05. The van der Waals surface area contributed by atoms with E-state index in [9.17, 15) is 9.18 Å². The Balaban J connectivity index is 1.33. The number of hydrogen-bond donors (Lipinski definition) is 1. The first-order chi connectivity index (χ1) is 17.5. The van der Waals surface area contributed by atoms with Crippen molar-refractivity contribution in [1.82, 2.24) is 9.58 Å². The van der Waals surface area contributed by atoms with Gasteiger partial charge in [0.1, 0.15) is 10.9 Å². The molecule has 6 rings (SSSR count). The molecule has 176 valence electrons. The molecule has 3 aromatic carbocycles. The van der Waals surface area contributed by atoms with Gasteiger partial charge in [0, 0.05) is 35.6 Å². The number of halogens is 1. The molecule has 3 heterocycles. The molecule has 1 N–H and O–H groups in total. The number of carbonyl (C=O) groups excluding carboxylic acids is 1. The van der Waals surface area contributed by atoms with Gasteiger partial charge in [-0.1, -0.05) is 60.7 Å². The van der Waals surface area contributed by atoms with Crippen molar-refractivity contribution in [2.24, 2.45) is 10.1 Å². The maximum atomic E-state index is 13.4. The molecule has 0 fully saturated rings. The second-order valence-corrected chi connectivity index (χ2v) is 9.57. The lowest BCUT2D eigenvalue weighted by Gasteiger charge is -2.20. The molecule has 2 aliphatic heterocycles. The fraction of sp³-hybridized carbons (Fsp3) is 0.0714. The van der Waals surface area contributed by atoms with Crippen LogP contribution < -0.4 is 0 Å². The van der Waals surface area contributed by atoms with E-state index in [-0.39, 0.29) is 17.2 Å². The van der Waals surface area contributed by atoms with Gasteiger partial charge in [0.15, 0.2) is 5.84 Å². The summed E-state index contributed by atoms with van der Waals surface area (Å²) in [5.41, 5.74) is 4.04. The van der Waals surface area contributed by atoms with Crippen LogP contribution in [-0.4, -0.2) is 31.5 Å². The van der Waals surface area contributed by atoms with Gasteiger partial charge in [0.2, 0.25) is 5.17 Å². The van der Waals surface area contributed by atoms with Crippen LogP contribution in [0.15, 0.2) is 101 Å². The molecule has 0 aliphatic carbocycles. The molecule has 0 saturated heterocycles. The standard InChI is InChI=1S/C28H20FN5OS/c29-21-12-10-19(11-13-21)16-33-17-20(22-8-4-5-9-24(22)33)15-23-26(30)34-28(31-27(23)35)36-25(32-34)14-18-6-2-1-3-7-18/h1-13,15,17,30H,14,16H2. The number of benzene rings is 3. The molecule has 1 aromatic heterocycles. The second-order valence-electron chi connectivity index (χ2n) is 8.53. The predicted molar refractivity (Wildman–Crippen MR) is 143 cm³/mol. The van der Waals surface area contributed by atoms with Crippen LogP contribution in [0.25, 0.3) is 17.0 Å². The van der Waals surface area contributed by atoms with Crippen LogP contribution in [0.1, 0.15) is 16.7 Å². The first-order valence-electron chi connectivity index (χ1n) is 11.4. The SMILES string of the molecule is N=C1C(=Cc2cn(Cc3ccc(F)cc3)c3ccccc23)C(=O)N=C2SC(Cc3ccccc3)=NN12. The number of hydrazone groups is 1. The number of aliphatic imine (C=N–C) groups is 1. The van der Waals surface area contributed by atoms with Crippen LogP contribution in [-0.2, 0) is 17.8 Å². The third-order valence-electron chi connectivity index (χ3n) is 6.08. The summed E-state index contributed by atoms with van der Waals surface area (Å²) in [4.78, 5) is 17.2. The van der Waals surface area contributed by atoms with Gasteiger partial charge in [0.05, 0.1) is 5.57 Å². The van der Waals surface area contributed by atoms with Crippen molar-refractivity contribution in [2.45, 2.75) is 13.0 Å². The minimum absolute atomic E-state index is 0.0101. The zero-order valence-corrected chi connectivity index (χ0v) is 19.9. The van der Waals surface area contributed by atoms with Crippen LogP contribution in [0.3, 0.4) is 0 Å². The third kappa shape index (κ3) is 4.16. The number of nitrogens with zero attached hydrogens (tertiary/aromatic N) is 4. The van der Waals surface area contributed by atoms with Crippen LogP contribution >= 0.6 is 11.8 Å². The smallest absolute Gasteiger partial charge is 0.283 e. The van der Waals surface area contributed by atoms with Crippen molar-refractivity contribution < 1.29 is 9.18 Å². The van der Waals surface area contributed by atoms with Gasteiger partial charge in [-0.05, 0) is 47.2 Å². The summed E-state index contributed by atoms with van der Waals surface area (Å²) in [5, 5.41) is 16.9. The molecule has 2 aliphatic rings. The van der Waals surface area contributed by atoms with Crippen molar-refractivity contribution in [1.29, 1.82) is 5.41 Å². The number of amides is 1. The molecule has 0 bridgehead atoms. The lowest BCUT2D eigenvalue weighted by Crippen LogP contribution is -2.35. The van der Waals surface area contributed by atoms with Gasteiger partial charge in [-0.2, -0.15) is 15.1 Å². The molecule has 8 heteroatoms. The zero-order valence-electron chi connectivity index (χ0n) is 19.1. The Labute approximate surface area is 211 Å². The number of fused-ring (bicyclic) bond motifs is 2. The number of carbonyl (C=O) groups is 1. The Kier molecular flexibility index (Phi) is 5.58. The summed E-state index contributed by atoms with van der Waals surface area (Å²) in [6, 6.07) is 24.2. The monoisotopic (exact) mass is 493 g/mol. The van der Waals surface area contributed by atoms with E-state index in [0.717, 1.165) is 32.6 Å². The summed E-state index contributed by atoms with van der Waals surface area (Å²) in [7, 11) is 0. The fourth-order valence-electron chi connectivity index (χ4n) is 4.34. The largest absolute Gasteiger partial charge is 0.342 e. The molecular formula is C28H20FN5OS. The molecule has 0 radical (unpaired) electrons. The van der Waals surface area contributed by atoms with Crippen LogP contribution in [0.5, 0.6) is 0 Å². The van der Waals surface area contributed by atoms with E-state index in [1.807, 2.05) is 60.8 Å². The van der Waals surface area contributed by atoms with Crippen molar-refractivity contribution in [2.75, 3.05) is 0 Å². The van der Waals surface area contributed by atoms with E-state index in [0.29, 0.717) is 18.1 Å². The first kappa shape index (κ1) is 22.2. The number of rotatable bonds is 5. The van der Waals surface area contributed by atoms with Gasteiger partial charge >= 0.3 is 0 Å². The van der Waals surface area contributed by atoms with Crippen LogP contribution in [0, 0.1) is 11.2 Å². The zero-order chi connectivity index (χ0) is 24.6. The maximum absolute atomic E-state index is 13.4. The number of aromatic nitrogens is 1. The summed E-state index contributed by atoms with van der Waals surface area (Å²) in [6.07, 6.45) is 4.27. The highest BCUT2D eigenvalue weighted by Crippen LogP contribution is 2.31. The fourth-order valence-corrected chi connectivity index (χ4v) is 5.26. The van der Waals surface area contributed by atoms with E-state index in [2.05, 4.69) is 14.7 Å². The average Bonchev–Trinajstić information content (AvgIpc) is 3.45. The highest BCUT2D eigenvalue weighted by Gasteiger charge is 2.35. The lowest BCUT2D eigenvalue weighted by atomic mass is 10.1. The van der Waals surface area contributed by atoms with Crippen molar-refractivity contribution in [3.05, 3.63) is 113 Å². The average molecular weight is 494 g/mol. The molecule has 0 spiro atoms. The Morgan fingerprint density at radius 2 is 1.69 bits per heavy atom. The van der Waals surface area contributed by atoms with Crippen LogP contribution in [0.2, 0.25) is 0 Å². The van der Waals surface area contributed by atoms with Gasteiger partial charge in [-0.25, -0.2) is 4.39 Å². The normalized spacial score (nSPS) is 16.5. The Morgan fingerprint density at radius 3 is 2.50 bits per heavy atom. The van der Waals surface area contributed by atoms with Crippen LogP contribution in [0.4, 0.5) is 4.39 Å². The van der Waals surface area contributed by atoms with E-state index in [4.69, 9.17) is 5.41 Å². The van der Waals surface area contributed by atoms with Crippen molar-refractivity contribution in [3.8, 4) is 0 Å². The topological polar surface area (TPSA) is 73.8 Å². The Hall–Kier alpha value is -4.30. The lowest BCUT2D eigenvalue weighted by molar-refractivity contribution is -0.114. The predicted octanol–water partition coefficient (Wildman–Crippen LogP) is 5.69.